The average molecular weight is 377 g/mol. The molecule has 0 radical (unpaired) electrons. The van der Waals surface area contributed by atoms with Gasteiger partial charge in [-0.2, -0.15) is 0 Å². The van der Waals surface area contributed by atoms with Crippen LogP contribution in [-0.4, -0.2) is 18.5 Å². The fraction of sp³-hybridized carbons (Fsp3) is 0.300. The number of amides is 1. The summed E-state index contributed by atoms with van der Waals surface area (Å²) in [6.07, 6.45) is 2.98. The van der Waals surface area contributed by atoms with Crippen molar-refractivity contribution < 1.29 is 27.5 Å². The van der Waals surface area contributed by atoms with Gasteiger partial charge in [0.2, 0.25) is 0 Å². The summed E-state index contributed by atoms with van der Waals surface area (Å²) in [6.45, 7) is -0.647. The second-order valence-electron chi connectivity index (χ2n) is 6.50. The van der Waals surface area contributed by atoms with Crippen molar-refractivity contribution in [2.45, 2.75) is 31.1 Å². The van der Waals surface area contributed by atoms with Crippen LogP contribution in [0.2, 0.25) is 0 Å². The van der Waals surface area contributed by atoms with E-state index in [1.807, 2.05) is 30.3 Å². The van der Waals surface area contributed by atoms with Crippen LogP contribution in [0.3, 0.4) is 0 Å². The predicted octanol–water partition coefficient (Wildman–Crippen LogP) is 4.10. The fourth-order valence-corrected chi connectivity index (χ4v) is 3.42. The maximum absolute atomic E-state index is 13.6. The first-order valence-corrected chi connectivity index (χ1v) is 8.60. The minimum Gasteiger partial charge on any atom is -0.455 e. The highest BCUT2D eigenvalue weighted by molar-refractivity contribution is 5.94. The van der Waals surface area contributed by atoms with Crippen LogP contribution in [0, 0.1) is 17.5 Å². The van der Waals surface area contributed by atoms with Gasteiger partial charge in [-0.3, -0.25) is 9.59 Å². The van der Waals surface area contributed by atoms with Gasteiger partial charge in [-0.25, -0.2) is 13.2 Å². The Kier molecular flexibility index (Phi) is 5.48. The highest BCUT2D eigenvalue weighted by atomic mass is 19.2. The molecule has 2 aromatic rings. The van der Waals surface area contributed by atoms with Crippen LogP contribution in [0.15, 0.2) is 42.5 Å². The largest absolute Gasteiger partial charge is 0.455 e. The molecule has 1 fully saturated rings. The number of carbonyl (C=O) groups excluding carboxylic acids is 2. The van der Waals surface area contributed by atoms with Crippen molar-refractivity contribution in [3.63, 3.8) is 0 Å². The zero-order chi connectivity index (χ0) is 19.4. The Morgan fingerprint density at radius 1 is 0.963 bits per heavy atom. The first kappa shape index (κ1) is 18.9. The Morgan fingerprint density at radius 2 is 1.63 bits per heavy atom. The van der Waals surface area contributed by atoms with Gasteiger partial charge in [0.1, 0.15) is 0 Å². The zero-order valence-corrected chi connectivity index (χ0v) is 14.4. The lowest BCUT2D eigenvalue weighted by Gasteiger charge is -2.27. The first-order chi connectivity index (χ1) is 12.9. The van der Waals surface area contributed by atoms with Crippen molar-refractivity contribution in [3.8, 4) is 0 Å². The number of nitrogens with one attached hydrogen (secondary N) is 1. The first-order valence-electron chi connectivity index (χ1n) is 8.60. The number of esters is 1. The smallest absolute Gasteiger partial charge is 0.317 e. The molecule has 0 atom stereocenters. The molecule has 4 nitrogen and oxygen atoms in total. The third kappa shape index (κ3) is 3.82. The standard InChI is InChI=1S/C20H18F3NO3/c21-14-8-9-15(18(23)17(14)22)24-16(25)12-27-19(26)20(10-4-5-11-20)13-6-2-1-3-7-13/h1-3,6-9H,4-5,10-12H2,(H,24,25). The number of benzene rings is 2. The zero-order valence-electron chi connectivity index (χ0n) is 14.4. The van der Waals surface area contributed by atoms with E-state index in [0.717, 1.165) is 24.5 Å². The van der Waals surface area contributed by atoms with E-state index in [2.05, 4.69) is 5.32 Å². The molecular formula is C20H18F3NO3. The molecule has 1 aliphatic carbocycles. The number of rotatable bonds is 5. The number of carbonyl (C=O) groups is 2. The SMILES string of the molecule is O=C(COC(=O)C1(c2ccccc2)CCCC1)Nc1ccc(F)c(F)c1F. The summed E-state index contributed by atoms with van der Waals surface area (Å²) in [6, 6.07) is 10.8. The summed E-state index contributed by atoms with van der Waals surface area (Å²) in [5.74, 6) is -5.91. The maximum Gasteiger partial charge on any atom is 0.317 e. The van der Waals surface area contributed by atoms with E-state index in [9.17, 15) is 22.8 Å². The van der Waals surface area contributed by atoms with Crippen LogP contribution < -0.4 is 5.32 Å². The van der Waals surface area contributed by atoms with Crippen molar-refractivity contribution in [3.05, 3.63) is 65.5 Å². The van der Waals surface area contributed by atoms with E-state index >= 15 is 0 Å². The molecule has 0 bridgehead atoms. The highest BCUT2D eigenvalue weighted by Gasteiger charge is 2.44. The van der Waals surface area contributed by atoms with Crippen LogP contribution in [0.25, 0.3) is 0 Å². The van der Waals surface area contributed by atoms with Gasteiger partial charge < -0.3 is 10.1 Å². The van der Waals surface area contributed by atoms with Crippen LogP contribution in [-0.2, 0) is 19.7 Å². The molecule has 7 heteroatoms. The molecule has 0 aliphatic heterocycles. The van der Waals surface area contributed by atoms with E-state index in [-0.39, 0.29) is 0 Å². The number of hydrogen-bond donors (Lipinski definition) is 1. The molecule has 0 spiro atoms. The minimum atomic E-state index is -1.68. The second kappa shape index (κ2) is 7.82. The van der Waals surface area contributed by atoms with E-state index in [1.54, 1.807) is 0 Å². The molecule has 0 unspecified atom stereocenters. The van der Waals surface area contributed by atoms with Crippen LogP contribution >= 0.6 is 0 Å². The Balaban J connectivity index is 1.66. The van der Waals surface area contributed by atoms with E-state index in [1.165, 1.54) is 0 Å². The fourth-order valence-electron chi connectivity index (χ4n) is 3.42. The topological polar surface area (TPSA) is 55.4 Å². The molecule has 1 amide bonds. The molecule has 0 saturated heterocycles. The highest BCUT2D eigenvalue weighted by Crippen LogP contribution is 2.42. The van der Waals surface area contributed by atoms with Gasteiger partial charge in [-0.05, 0) is 30.5 Å². The molecule has 2 aromatic carbocycles. The number of hydrogen-bond acceptors (Lipinski definition) is 3. The summed E-state index contributed by atoms with van der Waals surface area (Å²) < 4.78 is 44.9. The molecule has 0 heterocycles. The third-order valence-electron chi connectivity index (χ3n) is 4.82. The van der Waals surface area contributed by atoms with Crippen LogP contribution in [0.5, 0.6) is 0 Å². The monoisotopic (exact) mass is 377 g/mol. The quantitative estimate of drug-likeness (QED) is 0.631. The van der Waals surface area contributed by atoms with Gasteiger partial charge >= 0.3 is 5.97 Å². The Hall–Kier alpha value is -2.83. The van der Waals surface area contributed by atoms with Gasteiger partial charge in [0.05, 0.1) is 11.1 Å². The number of anilines is 1. The molecule has 1 saturated carbocycles. The lowest BCUT2D eigenvalue weighted by atomic mass is 9.79. The van der Waals surface area contributed by atoms with Crippen molar-refractivity contribution in [1.82, 2.24) is 0 Å². The van der Waals surface area contributed by atoms with Crippen molar-refractivity contribution >= 4 is 17.6 Å². The molecule has 1 N–H and O–H groups in total. The number of halogens is 3. The number of ether oxygens (including phenoxy) is 1. The Morgan fingerprint density at radius 3 is 2.30 bits per heavy atom. The lowest BCUT2D eigenvalue weighted by Crippen LogP contribution is -2.36. The summed E-state index contributed by atoms with van der Waals surface area (Å²) in [5, 5.41) is 2.08. The molecule has 142 valence electrons. The van der Waals surface area contributed by atoms with Gasteiger partial charge in [0, 0.05) is 0 Å². The van der Waals surface area contributed by atoms with Gasteiger partial charge in [-0.1, -0.05) is 43.2 Å². The van der Waals surface area contributed by atoms with Gasteiger partial charge in [0.25, 0.3) is 5.91 Å². The van der Waals surface area contributed by atoms with E-state index in [0.29, 0.717) is 18.9 Å². The Bertz CT molecular complexity index is 849. The molecule has 3 rings (SSSR count). The van der Waals surface area contributed by atoms with Gasteiger partial charge in [0.15, 0.2) is 24.1 Å². The average Bonchev–Trinajstić information content (AvgIpc) is 3.18. The van der Waals surface area contributed by atoms with Crippen molar-refractivity contribution in [2.75, 3.05) is 11.9 Å². The molecule has 27 heavy (non-hydrogen) atoms. The van der Waals surface area contributed by atoms with E-state index in [4.69, 9.17) is 4.74 Å². The third-order valence-corrected chi connectivity index (χ3v) is 4.82. The molecule has 0 aromatic heterocycles. The summed E-state index contributed by atoms with van der Waals surface area (Å²) in [5.41, 5.74) is -0.484. The second-order valence-corrected chi connectivity index (χ2v) is 6.50. The predicted molar refractivity (Wildman–Crippen MR) is 92.5 cm³/mol. The summed E-state index contributed by atoms with van der Waals surface area (Å²) in [4.78, 5) is 24.7. The lowest BCUT2D eigenvalue weighted by molar-refractivity contribution is -0.153. The molecular weight excluding hydrogens is 359 g/mol. The van der Waals surface area contributed by atoms with Crippen molar-refractivity contribution in [1.29, 1.82) is 0 Å². The molecule has 1 aliphatic rings. The maximum atomic E-state index is 13.6. The van der Waals surface area contributed by atoms with Crippen molar-refractivity contribution in [2.24, 2.45) is 0 Å². The van der Waals surface area contributed by atoms with Crippen LogP contribution in [0.1, 0.15) is 31.2 Å². The van der Waals surface area contributed by atoms with Crippen LogP contribution in [0.4, 0.5) is 18.9 Å². The van der Waals surface area contributed by atoms with Gasteiger partial charge in [-0.15, -0.1) is 0 Å². The summed E-state index contributed by atoms with van der Waals surface area (Å²) >= 11 is 0. The normalized spacial score (nSPS) is 15.4. The van der Waals surface area contributed by atoms with E-state index < -0.39 is 47.0 Å². The summed E-state index contributed by atoms with van der Waals surface area (Å²) in [7, 11) is 0. The minimum absolute atomic E-state index is 0.520. The Labute approximate surface area is 154 Å².